The van der Waals surface area contributed by atoms with Gasteiger partial charge in [-0.25, -0.2) is 0 Å². The van der Waals surface area contributed by atoms with Crippen molar-refractivity contribution in [1.82, 2.24) is 0 Å². The minimum Gasteiger partial charge on any atom is -0.410 e. The van der Waals surface area contributed by atoms with Crippen LogP contribution in [-0.2, 0) is 19.0 Å². The number of ether oxygens (including phenoxy) is 3. The van der Waals surface area contributed by atoms with E-state index in [1.807, 2.05) is 0 Å². The van der Waals surface area contributed by atoms with Crippen LogP contribution in [0.4, 0.5) is 0 Å². The Labute approximate surface area is 65.4 Å². The zero-order valence-corrected chi connectivity index (χ0v) is 6.92. The number of hydrogen-bond donors (Lipinski definition) is 0. The molecule has 64 valence electrons. The maximum atomic E-state index is 11.1. The summed E-state index contributed by atoms with van der Waals surface area (Å²) in [5.74, 6) is -0.282. The second kappa shape index (κ2) is 2.79. The SMILES string of the molecule is COC1OCC(C)(C)C(=O)O1. The van der Waals surface area contributed by atoms with E-state index < -0.39 is 11.9 Å². The predicted octanol–water partition coefficient (Wildman–Crippen LogP) is 0.516. The van der Waals surface area contributed by atoms with Crippen LogP contribution < -0.4 is 0 Å². The van der Waals surface area contributed by atoms with Crippen molar-refractivity contribution in [3.8, 4) is 0 Å². The van der Waals surface area contributed by atoms with Crippen LogP contribution in [0, 0.1) is 5.41 Å². The minimum absolute atomic E-state index is 0.282. The summed E-state index contributed by atoms with van der Waals surface area (Å²) in [6, 6.07) is 0. The molecule has 0 spiro atoms. The lowest BCUT2D eigenvalue weighted by Crippen LogP contribution is -2.42. The Morgan fingerprint density at radius 1 is 1.64 bits per heavy atom. The fourth-order valence-corrected chi connectivity index (χ4v) is 0.732. The first-order valence-electron chi connectivity index (χ1n) is 3.42. The van der Waals surface area contributed by atoms with E-state index in [2.05, 4.69) is 4.74 Å². The van der Waals surface area contributed by atoms with Crippen LogP contribution in [0.15, 0.2) is 0 Å². The van der Waals surface area contributed by atoms with Crippen molar-refractivity contribution in [2.24, 2.45) is 5.41 Å². The molecule has 1 rings (SSSR count). The molecule has 0 N–H and O–H groups in total. The summed E-state index contributed by atoms with van der Waals surface area (Å²) in [5, 5.41) is 0. The van der Waals surface area contributed by atoms with Gasteiger partial charge in [-0.2, -0.15) is 0 Å². The van der Waals surface area contributed by atoms with E-state index in [9.17, 15) is 4.79 Å². The van der Waals surface area contributed by atoms with E-state index in [-0.39, 0.29) is 5.97 Å². The third-order valence-electron chi connectivity index (χ3n) is 1.53. The molecule has 1 unspecified atom stereocenters. The lowest BCUT2D eigenvalue weighted by molar-refractivity contribution is -0.300. The number of methoxy groups -OCH3 is 1. The molecular formula is C7H12O4. The van der Waals surface area contributed by atoms with Gasteiger partial charge in [-0.15, -0.1) is 0 Å². The molecule has 0 saturated carbocycles. The molecule has 0 aromatic heterocycles. The molecule has 0 amide bonds. The van der Waals surface area contributed by atoms with E-state index in [4.69, 9.17) is 9.47 Å². The summed E-state index contributed by atoms with van der Waals surface area (Å²) in [6.45, 7) is 3.04. The van der Waals surface area contributed by atoms with E-state index in [0.29, 0.717) is 6.61 Å². The predicted molar refractivity (Wildman–Crippen MR) is 36.6 cm³/mol. The smallest absolute Gasteiger partial charge is 0.318 e. The summed E-state index contributed by atoms with van der Waals surface area (Å²) in [5.41, 5.74) is -0.547. The van der Waals surface area contributed by atoms with Gasteiger partial charge in [0, 0.05) is 7.11 Å². The van der Waals surface area contributed by atoms with Crippen molar-refractivity contribution in [1.29, 1.82) is 0 Å². The Kier molecular flexibility index (Phi) is 2.15. The van der Waals surface area contributed by atoms with Crippen LogP contribution in [0.25, 0.3) is 0 Å². The Morgan fingerprint density at radius 3 is 2.73 bits per heavy atom. The van der Waals surface area contributed by atoms with Crippen molar-refractivity contribution in [2.45, 2.75) is 20.3 Å². The molecule has 11 heavy (non-hydrogen) atoms. The Balaban J connectivity index is 2.55. The minimum atomic E-state index is -0.824. The van der Waals surface area contributed by atoms with Gasteiger partial charge in [0.15, 0.2) is 0 Å². The molecule has 1 atom stereocenters. The van der Waals surface area contributed by atoms with Gasteiger partial charge in [-0.1, -0.05) is 0 Å². The fraction of sp³-hybridized carbons (Fsp3) is 0.857. The summed E-state index contributed by atoms with van der Waals surface area (Å²) >= 11 is 0. The number of esters is 1. The molecule has 4 nitrogen and oxygen atoms in total. The van der Waals surface area contributed by atoms with Gasteiger partial charge in [0.25, 0.3) is 0 Å². The first kappa shape index (κ1) is 8.49. The third kappa shape index (κ3) is 1.70. The van der Waals surface area contributed by atoms with E-state index in [1.54, 1.807) is 13.8 Å². The van der Waals surface area contributed by atoms with Crippen molar-refractivity contribution < 1.29 is 19.0 Å². The highest BCUT2D eigenvalue weighted by Gasteiger charge is 2.37. The highest BCUT2D eigenvalue weighted by Crippen LogP contribution is 2.24. The number of hydrogen-bond acceptors (Lipinski definition) is 4. The van der Waals surface area contributed by atoms with Crippen LogP contribution >= 0.6 is 0 Å². The Morgan fingerprint density at radius 2 is 2.27 bits per heavy atom. The van der Waals surface area contributed by atoms with Crippen LogP contribution in [0.2, 0.25) is 0 Å². The molecule has 0 bridgehead atoms. The van der Waals surface area contributed by atoms with Crippen LogP contribution in [0.5, 0.6) is 0 Å². The van der Waals surface area contributed by atoms with Crippen molar-refractivity contribution >= 4 is 5.97 Å². The zero-order chi connectivity index (χ0) is 8.48. The van der Waals surface area contributed by atoms with Gasteiger partial charge in [-0.3, -0.25) is 4.79 Å². The molecule has 1 heterocycles. The van der Waals surface area contributed by atoms with E-state index in [1.165, 1.54) is 7.11 Å². The standard InChI is InChI=1S/C7H12O4/c1-7(2)4-10-6(9-3)11-5(7)8/h6H,4H2,1-3H3. The Hall–Kier alpha value is -0.610. The molecule has 0 aliphatic carbocycles. The van der Waals surface area contributed by atoms with Gasteiger partial charge in [0.1, 0.15) is 0 Å². The van der Waals surface area contributed by atoms with E-state index in [0.717, 1.165) is 0 Å². The van der Waals surface area contributed by atoms with Crippen LogP contribution in [-0.4, -0.2) is 26.2 Å². The van der Waals surface area contributed by atoms with Gasteiger partial charge in [-0.05, 0) is 13.8 Å². The normalized spacial score (nSPS) is 29.7. The summed E-state index contributed by atoms with van der Waals surface area (Å²) in [6.07, 6.45) is 0. The lowest BCUT2D eigenvalue weighted by atomic mass is 9.95. The molecule has 4 heteroatoms. The van der Waals surface area contributed by atoms with Crippen molar-refractivity contribution in [3.63, 3.8) is 0 Å². The summed E-state index contributed by atoms with van der Waals surface area (Å²) in [4.78, 5) is 11.1. The molecule has 1 saturated heterocycles. The lowest BCUT2D eigenvalue weighted by Gasteiger charge is -2.31. The van der Waals surface area contributed by atoms with Gasteiger partial charge in [0.2, 0.25) is 0 Å². The molecule has 1 aliphatic heterocycles. The quantitative estimate of drug-likeness (QED) is 0.524. The Bertz CT molecular complexity index is 164. The third-order valence-corrected chi connectivity index (χ3v) is 1.53. The maximum Gasteiger partial charge on any atom is 0.318 e. The molecular weight excluding hydrogens is 148 g/mol. The molecule has 0 aromatic rings. The highest BCUT2D eigenvalue weighted by atomic mass is 16.9. The topological polar surface area (TPSA) is 44.8 Å². The molecule has 1 aliphatic rings. The van der Waals surface area contributed by atoms with Crippen molar-refractivity contribution in [2.75, 3.05) is 13.7 Å². The van der Waals surface area contributed by atoms with Crippen LogP contribution in [0.1, 0.15) is 13.8 Å². The molecule has 0 aromatic carbocycles. The van der Waals surface area contributed by atoms with Crippen LogP contribution in [0.3, 0.4) is 0 Å². The van der Waals surface area contributed by atoms with Gasteiger partial charge < -0.3 is 14.2 Å². The largest absolute Gasteiger partial charge is 0.410 e. The summed E-state index contributed by atoms with van der Waals surface area (Å²) in [7, 11) is 1.43. The van der Waals surface area contributed by atoms with Gasteiger partial charge in [0.05, 0.1) is 12.0 Å². The number of cyclic esters (lactones) is 1. The average Bonchev–Trinajstić information content (AvgIpc) is 1.95. The second-order valence-electron chi connectivity index (χ2n) is 3.12. The maximum absolute atomic E-state index is 11.1. The fourth-order valence-electron chi connectivity index (χ4n) is 0.732. The second-order valence-corrected chi connectivity index (χ2v) is 3.12. The number of rotatable bonds is 1. The summed E-state index contributed by atoms with van der Waals surface area (Å²) < 4.78 is 14.5. The zero-order valence-electron chi connectivity index (χ0n) is 6.92. The monoisotopic (exact) mass is 160 g/mol. The first-order valence-corrected chi connectivity index (χ1v) is 3.42. The highest BCUT2D eigenvalue weighted by molar-refractivity contribution is 5.76. The van der Waals surface area contributed by atoms with Crippen molar-refractivity contribution in [3.05, 3.63) is 0 Å². The average molecular weight is 160 g/mol. The van der Waals surface area contributed by atoms with E-state index >= 15 is 0 Å². The number of carbonyl (C=O) groups is 1. The molecule has 0 radical (unpaired) electrons. The molecule has 1 fully saturated rings. The number of carbonyl (C=O) groups excluding carboxylic acids is 1. The first-order chi connectivity index (χ1) is 5.06. The van der Waals surface area contributed by atoms with Gasteiger partial charge >= 0.3 is 12.4 Å².